The van der Waals surface area contributed by atoms with Crippen LogP contribution in [0.1, 0.15) is 37.9 Å². The Morgan fingerprint density at radius 2 is 2.14 bits per heavy atom. The maximum atomic E-state index is 12.7. The Bertz CT molecular complexity index is 568. The fraction of sp³-hybridized carbons (Fsp3) is 0.562. The van der Waals surface area contributed by atoms with Crippen LogP contribution in [0.2, 0.25) is 0 Å². The summed E-state index contributed by atoms with van der Waals surface area (Å²) in [4.78, 5) is 30.8. The monoisotopic (exact) mass is 287 g/mol. The molecule has 0 bridgehead atoms. The van der Waals surface area contributed by atoms with Gasteiger partial charge in [0.2, 0.25) is 11.8 Å². The van der Waals surface area contributed by atoms with E-state index in [1.807, 2.05) is 12.1 Å². The Balaban J connectivity index is 1.84. The SMILES string of the molecule is CCc1cccnc1CN1C(=O)C(C2CC2)NC(=O)C1C. The number of hydrogen-bond acceptors (Lipinski definition) is 3. The Labute approximate surface area is 124 Å². The minimum absolute atomic E-state index is 0.0392. The van der Waals surface area contributed by atoms with Crippen molar-refractivity contribution >= 4 is 11.8 Å². The highest BCUT2D eigenvalue weighted by atomic mass is 16.2. The Kier molecular flexibility index (Phi) is 3.66. The van der Waals surface area contributed by atoms with Crippen molar-refractivity contribution in [2.45, 2.75) is 51.7 Å². The highest BCUT2D eigenvalue weighted by molar-refractivity contribution is 5.97. The van der Waals surface area contributed by atoms with E-state index < -0.39 is 6.04 Å². The van der Waals surface area contributed by atoms with Crippen LogP contribution >= 0.6 is 0 Å². The van der Waals surface area contributed by atoms with E-state index >= 15 is 0 Å². The fourth-order valence-electron chi connectivity index (χ4n) is 2.91. The minimum atomic E-state index is -0.431. The van der Waals surface area contributed by atoms with Crippen molar-refractivity contribution in [1.29, 1.82) is 0 Å². The van der Waals surface area contributed by atoms with Gasteiger partial charge in [-0.05, 0) is 43.7 Å². The molecule has 1 saturated carbocycles. The lowest BCUT2D eigenvalue weighted by molar-refractivity contribution is -0.150. The smallest absolute Gasteiger partial charge is 0.246 e. The second kappa shape index (κ2) is 5.47. The summed E-state index contributed by atoms with van der Waals surface area (Å²) in [5.74, 6) is 0.309. The second-order valence-electron chi connectivity index (χ2n) is 5.93. The topological polar surface area (TPSA) is 62.3 Å². The molecule has 0 spiro atoms. The number of rotatable bonds is 4. The van der Waals surface area contributed by atoms with Gasteiger partial charge < -0.3 is 10.2 Å². The fourth-order valence-corrected chi connectivity index (χ4v) is 2.91. The number of amides is 2. The number of carbonyl (C=O) groups is 2. The van der Waals surface area contributed by atoms with E-state index in [4.69, 9.17) is 0 Å². The second-order valence-corrected chi connectivity index (χ2v) is 5.93. The third-order valence-electron chi connectivity index (χ3n) is 4.47. The molecule has 3 rings (SSSR count). The van der Waals surface area contributed by atoms with Crippen molar-refractivity contribution in [2.24, 2.45) is 5.92 Å². The minimum Gasteiger partial charge on any atom is -0.342 e. The van der Waals surface area contributed by atoms with Gasteiger partial charge in [-0.15, -0.1) is 0 Å². The van der Waals surface area contributed by atoms with E-state index in [9.17, 15) is 9.59 Å². The normalized spacial score (nSPS) is 25.9. The van der Waals surface area contributed by atoms with Gasteiger partial charge in [0.15, 0.2) is 0 Å². The first-order valence-electron chi connectivity index (χ1n) is 7.65. The number of carbonyl (C=O) groups excluding carboxylic acids is 2. The van der Waals surface area contributed by atoms with Crippen LogP contribution in [-0.2, 0) is 22.6 Å². The number of piperazine rings is 1. The molecule has 2 atom stereocenters. The van der Waals surface area contributed by atoms with Crippen molar-refractivity contribution in [3.05, 3.63) is 29.6 Å². The van der Waals surface area contributed by atoms with Crippen molar-refractivity contribution in [1.82, 2.24) is 15.2 Å². The van der Waals surface area contributed by atoms with E-state index in [1.165, 1.54) is 0 Å². The Morgan fingerprint density at radius 1 is 1.38 bits per heavy atom. The van der Waals surface area contributed by atoms with Crippen molar-refractivity contribution in [3.63, 3.8) is 0 Å². The van der Waals surface area contributed by atoms with Crippen LogP contribution in [0.4, 0.5) is 0 Å². The molecule has 1 aromatic rings. The van der Waals surface area contributed by atoms with E-state index in [0.29, 0.717) is 12.5 Å². The molecule has 0 radical (unpaired) electrons. The van der Waals surface area contributed by atoms with Crippen LogP contribution in [0.5, 0.6) is 0 Å². The van der Waals surface area contributed by atoms with Crippen LogP contribution in [0.25, 0.3) is 0 Å². The summed E-state index contributed by atoms with van der Waals surface area (Å²) < 4.78 is 0. The molecule has 2 heterocycles. The molecule has 21 heavy (non-hydrogen) atoms. The first kappa shape index (κ1) is 14.0. The van der Waals surface area contributed by atoms with E-state index in [0.717, 1.165) is 30.5 Å². The average molecular weight is 287 g/mol. The molecule has 112 valence electrons. The highest BCUT2D eigenvalue weighted by Crippen LogP contribution is 2.35. The van der Waals surface area contributed by atoms with Gasteiger partial charge in [-0.25, -0.2) is 0 Å². The quantitative estimate of drug-likeness (QED) is 0.907. The molecule has 2 fully saturated rings. The molecule has 1 aliphatic carbocycles. The summed E-state index contributed by atoms with van der Waals surface area (Å²) in [5, 5.41) is 2.87. The lowest BCUT2D eigenvalue weighted by Gasteiger charge is -2.37. The number of nitrogens with zero attached hydrogens (tertiary/aromatic N) is 2. The van der Waals surface area contributed by atoms with Crippen LogP contribution < -0.4 is 5.32 Å². The predicted molar refractivity (Wildman–Crippen MR) is 78.3 cm³/mol. The van der Waals surface area contributed by atoms with Crippen LogP contribution in [0.15, 0.2) is 18.3 Å². The lowest BCUT2D eigenvalue weighted by atomic mass is 10.0. The predicted octanol–water partition coefficient (Wildman–Crippen LogP) is 1.27. The van der Waals surface area contributed by atoms with E-state index in [2.05, 4.69) is 17.2 Å². The van der Waals surface area contributed by atoms with Gasteiger partial charge in [-0.1, -0.05) is 13.0 Å². The molecule has 2 amide bonds. The first-order valence-corrected chi connectivity index (χ1v) is 7.65. The van der Waals surface area contributed by atoms with Gasteiger partial charge in [0.25, 0.3) is 0 Å². The maximum Gasteiger partial charge on any atom is 0.246 e. The summed E-state index contributed by atoms with van der Waals surface area (Å²) in [6.45, 7) is 4.27. The zero-order chi connectivity index (χ0) is 15.0. The zero-order valence-corrected chi connectivity index (χ0v) is 12.5. The molecule has 1 saturated heterocycles. The molecule has 1 aromatic heterocycles. The van der Waals surface area contributed by atoms with Crippen molar-refractivity contribution in [3.8, 4) is 0 Å². The summed E-state index contributed by atoms with van der Waals surface area (Å²) >= 11 is 0. The molecular formula is C16H21N3O2. The van der Waals surface area contributed by atoms with Gasteiger partial charge in [0.05, 0.1) is 12.2 Å². The maximum absolute atomic E-state index is 12.7. The van der Waals surface area contributed by atoms with Gasteiger partial charge in [0, 0.05) is 6.20 Å². The number of nitrogens with one attached hydrogen (secondary N) is 1. The average Bonchev–Trinajstić information content (AvgIpc) is 3.32. The Hall–Kier alpha value is -1.91. The molecule has 5 heteroatoms. The third kappa shape index (κ3) is 2.64. The molecule has 5 nitrogen and oxygen atoms in total. The number of pyridine rings is 1. The first-order chi connectivity index (χ1) is 10.1. The number of hydrogen-bond donors (Lipinski definition) is 1. The van der Waals surface area contributed by atoms with Crippen LogP contribution in [0.3, 0.4) is 0 Å². The van der Waals surface area contributed by atoms with Crippen LogP contribution in [-0.4, -0.2) is 33.8 Å². The van der Waals surface area contributed by atoms with Gasteiger partial charge >= 0.3 is 0 Å². The third-order valence-corrected chi connectivity index (χ3v) is 4.47. The van der Waals surface area contributed by atoms with Crippen molar-refractivity contribution < 1.29 is 9.59 Å². The lowest BCUT2D eigenvalue weighted by Crippen LogP contribution is -2.62. The summed E-state index contributed by atoms with van der Waals surface area (Å²) in [5.41, 5.74) is 2.02. The van der Waals surface area contributed by atoms with Crippen LogP contribution in [0, 0.1) is 5.92 Å². The molecule has 2 unspecified atom stereocenters. The largest absolute Gasteiger partial charge is 0.342 e. The molecular weight excluding hydrogens is 266 g/mol. The molecule has 2 aliphatic rings. The molecule has 1 N–H and O–H groups in total. The highest BCUT2D eigenvalue weighted by Gasteiger charge is 2.45. The molecule has 1 aliphatic heterocycles. The number of aryl methyl sites for hydroxylation is 1. The van der Waals surface area contributed by atoms with E-state index in [-0.39, 0.29) is 17.9 Å². The van der Waals surface area contributed by atoms with Gasteiger partial charge in [0.1, 0.15) is 12.1 Å². The number of aromatic nitrogens is 1. The van der Waals surface area contributed by atoms with Gasteiger partial charge in [-0.3, -0.25) is 14.6 Å². The molecule has 0 aromatic carbocycles. The standard InChI is InChI=1S/C16H21N3O2/c1-3-11-5-4-8-17-13(11)9-19-10(2)15(20)18-14(16(19)21)12-6-7-12/h4-5,8,10,12,14H,3,6-7,9H2,1-2H3,(H,18,20). The summed E-state index contributed by atoms with van der Waals surface area (Å²) in [6, 6.07) is 3.17. The van der Waals surface area contributed by atoms with Gasteiger partial charge in [-0.2, -0.15) is 0 Å². The summed E-state index contributed by atoms with van der Waals surface area (Å²) in [7, 11) is 0. The van der Waals surface area contributed by atoms with Crippen molar-refractivity contribution in [2.75, 3.05) is 0 Å². The Morgan fingerprint density at radius 3 is 2.81 bits per heavy atom. The summed E-state index contributed by atoms with van der Waals surface area (Å²) in [6.07, 6.45) is 4.68. The zero-order valence-electron chi connectivity index (χ0n) is 12.5. The van der Waals surface area contributed by atoms with E-state index in [1.54, 1.807) is 18.0 Å².